The third-order valence-corrected chi connectivity index (χ3v) is 3.67. The Bertz CT molecular complexity index is 518. The number of anilines is 2. The second-order valence-electron chi connectivity index (χ2n) is 3.06. The van der Waals surface area contributed by atoms with Crippen molar-refractivity contribution in [2.24, 2.45) is 0 Å². The van der Waals surface area contributed by atoms with E-state index in [2.05, 4.69) is 41.5 Å². The first-order valence-electron chi connectivity index (χ1n) is 4.75. The topological polar surface area (TPSA) is 62.7 Å². The van der Waals surface area contributed by atoms with Gasteiger partial charge in [0.15, 0.2) is 0 Å². The van der Waals surface area contributed by atoms with Gasteiger partial charge in [0.2, 0.25) is 17.2 Å². The van der Waals surface area contributed by atoms with Crippen LogP contribution >= 0.6 is 38.9 Å². The molecule has 0 saturated heterocycles. The van der Waals surface area contributed by atoms with Crippen molar-refractivity contribution in [3.63, 3.8) is 0 Å². The third-order valence-electron chi connectivity index (χ3n) is 1.88. The normalized spacial score (nSPS) is 10.3. The molecule has 0 aliphatic heterocycles. The lowest BCUT2D eigenvalue weighted by atomic mass is 10.5. The SMILES string of the molecule is CNc1nc(Cl)nc(NCc2ccc(Br)s2)n1. The van der Waals surface area contributed by atoms with Crippen molar-refractivity contribution >= 4 is 50.8 Å². The van der Waals surface area contributed by atoms with Gasteiger partial charge in [0.25, 0.3) is 0 Å². The molecule has 0 fully saturated rings. The highest BCUT2D eigenvalue weighted by atomic mass is 79.9. The smallest absolute Gasteiger partial charge is 0.229 e. The van der Waals surface area contributed by atoms with Crippen LogP contribution in [0.4, 0.5) is 11.9 Å². The van der Waals surface area contributed by atoms with E-state index in [9.17, 15) is 0 Å². The van der Waals surface area contributed by atoms with Gasteiger partial charge in [-0.25, -0.2) is 0 Å². The molecule has 2 rings (SSSR count). The number of thiophene rings is 1. The summed E-state index contributed by atoms with van der Waals surface area (Å²) < 4.78 is 1.10. The van der Waals surface area contributed by atoms with Crippen molar-refractivity contribution < 1.29 is 0 Å². The highest BCUT2D eigenvalue weighted by molar-refractivity contribution is 9.11. The van der Waals surface area contributed by atoms with Crippen LogP contribution in [0.1, 0.15) is 4.88 Å². The minimum atomic E-state index is 0.166. The zero-order valence-electron chi connectivity index (χ0n) is 8.87. The summed E-state index contributed by atoms with van der Waals surface area (Å²) in [6.07, 6.45) is 0. The molecular weight excluding hydrogens is 326 g/mol. The zero-order chi connectivity index (χ0) is 12.3. The molecule has 0 radical (unpaired) electrons. The predicted octanol–water partition coefficient (Wildman–Crippen LogP) is 3.00. The maximum atomic E-state index is 5.77. The molecule has 2 N–H and O–H groups in total. The minimum Gasteiger partial charge on any atom is -0.357 e. The molecular formula is C9H9BrClN5S. The van der Waals surface area contributed by atoms with Crippen molar-refractivity contribution in [2.45, 2.75) is 6.54 Å². The molecule has 0 bridgehead atoms. The average Bonchev–Trinajstić information content (AvgIpc) is 2.72. The fourth-order valence-electron chi connectivity index (χ4n) is 1.15. The second-order valence-corrected chi connectivity index (χ2v) is 5.95. The summed E-state index contributed by atoms with van der Waals surface area (Å²) in [5.41, 5.74) is 0. The second kappa shape index (κ2) is 5.61. The van der Waals surface area contributed by atoms with E-state index in [-0.39, 0.29) is 5.28 Å². The predicted molar refractivity (Wildman–Crippen MR) is 73.7 cm³/mol. The van der Waals surface area contributed by atoms with Gasteiger partial charge >= 0.3 is 0 Å². The van der Waals surface area contributed by atoms with Gasteiger partial charge in [0, 0.05) is 11.9 Å². The van der Waals surface area contributed by atoms with Crippen LogP contribution in [0.25, 0.3) is 0 Å². The van der Waals surface area contributed by atoms with Crippen LogP contribution in [0, 0.1) is 0 Å². The summed E-state index contributed by atoms with van der Waals surface area (Å²) in [4.78, 5) is 13.2. The van der Waals surface area contributed by atoms with Gasteiger partial charge in [0.05, 0.1) is 10.3 Å². The zero-order valence-corrected chi connectivity index (χ0v) is 12.0. The van der Waals surface area contributed by atoms with E-state index in [1.807, 2.05) is 12.1 Å². The van der Waals surface area contributed by atoms with Crippen molar-refractivity contribution in [1.29, 1.82) is 0 Å². The van der Waals surface area contributed by atoms with E-state index >= 15 is 0 Å². The number of nitrogens with one attached hydrogen (secondary N) is 2. The molecule has 0 amide bonds. The maximum Gasteiger partial charge on any atom is 0.229 e. The van der Waals surface area contributed by atoms with Gasteiger partial charge in [-0.1, -0.05) is 0 Å². The first-order valence-corrected chi connectivity index (χ1v) is 6.73. The fourth-order valence-corrected chi connectivity index (χ4v) is 2.74. The van der Waals surface area contributed by atoms with Crippen LogP contribution < -0.4 is 10.6 Å². The van der Waals surface area contributed by atoms with Crippen molar-refractivity contribution in [3.8, 4) is 0 Å². The molecule has 5 nitrogen and oxygen atoms in total. The summed E-state index contributed by atoms with van der Waals surface area (Å²) in [5, 5.41) is 6.08. The van der Waals surface area contributed by atoms with E-state index < -0.39 is 0 Å². The Morgan fingerprint density at radius 1 is 1.29 bits per heavy atom. The molecule has 8 heteroatoms. The van der Waals surface area contributed by atoms with Crippen molar-refractivity contribution in [3.05, 3.63) is 26.1 Å². The Hall–Kier alpha value is -0.920. The van der Waals surface area contributed by atoms with Gasteiger partial charge in [0.1, 0.15) is 0 Å². The fraction of sp³-hybridized carbons (Fsp3) is 0.222. The first kappa shape index (κ1) is 12.5. The number of halogens is 2. The van der Waals surface area contributed by atoms with Gasteiger partial charge in [-0.3, -0.25) is 0 Å². The molecule has 0 aliphatic carbocycles. The molecule has 0 aliphatic rings. The molecule has 2 aromatic heterocycles. The van der Waals surface area contributed by atoms with Crippen LogP contribution in [0.15, 0.2) is 15.9 Å². The molecule has 17 heavy (non-hydrogen) atoms. The lowest BCUT2D eigenvalue weighted by Crippen LogP contribution is -2.06. The van der Waals surface area contributed by atoms with Crippen LogP contribution in [-0.2, 0) is 6.54 Å². The van der Waals surface area contributed by atoms with Gasteiger partial charge in [-0.2, -0.15) is 15.0 Å². The summed E-state index contributed by atoms with van der Waals surface area (Å²) in [6, 6.07) is 4.03. The molecule has 0 atom stereocenters. The maximum absolute atomic E-state index is 5.77. The minimum absolute atomic E-state index is 0.166. The van der Waals surface area contributed by atoms with E-state index in [1.54, 1.807) is 18.4 Å². The Kier molecular flexibility index (Phi) is 4.14. The highest BCUT2D eigenvalue weighted by Crippen LogP contribution is 2.22. The van der Waals surface area contributed by atoms with Crippen LogP contribution in [-0.4, -0.2) is 22.0 Å². The van der Waals surface area contributed by atoms with Crippen LogP contribution in [0.5, 0.6) is 0 Å². The lowest BCUT2D eigenvalue weighted by Gasteiger charge is -2.04. The van der Waals surface area contributed by atoms with E-state index in [1.165, 1.54) is 4.88 Å². The lowest BCUT2D eigenvalue weighted by molar-refractivity contribution is 1.01. The molecule has 90 valence electrons. The van der Waals surface area contributed by atoms with Gasteiger partial charge < -0.3 is 10.6 Å². The Morgan fingerprint density at radius 2 is 2.06 bits per heavy atom. The number of hydrogen-bond acceptors (Lipinski definition) is 6. The standard InChI is InChI=1S/C9H9BrClN5S/c1-12-8-14-7(11)15-9(16-8)13-4-5-2-3-6(10)17-5/h2-3H,4H2,1H3,(H2,12,13,14,15,16). The highest BCUT2D eigenvalue weighted by Gasteiger charge is 2.04. The van der Waals surface area contributed by atoms with Crippen molar-refractivity contribution in [2.75, 3.05) is 17.7 Å². The van der Waals surface area contributed by atoms with E-state index in [0.29, 0.717) is 18.4 Å². The third kappa shape index (κ3) is 3.52. The van der Waals surface area contributed by atoms with Crippen LogP contribution in [0.2, 0.25) is 5.28 Å². The quantitative estimate of drug-likeness (QED) is 0.900. The molecule has 0 unspecified atom stereocenters. The average molecular weight is 335 g/mol. The van der Waals surface area contributed by atoms with E-state index in [4.69, 9.17) is 11.6 Å². The van der Waals surface area contributed by atoms with Gasteiger partial charge in [-0.05, 0) is 39.7 Å². The molecule has 2 heterocycles. The van der Waals surface area contributed by atoms with Gasteiger partial charge in [-0.15, -0.1) is 11.3 Å². The summed E-state index contributed by atoms with van der Waals surface area (Å²) in [5.74, 6) is 0.902. The van der Waals surface area contributed by atoms with Crippen molar-refractivity contribution in [1.82, 2.24) is 15.0 Å². The largest absolute Gasteiger partial charge is 0.357 e. The number of hydrogen-bond donors (Lipinski definition) is 2. The number of rotatable bonds is 4. The molecule has 0 aromatic carbocycles. The Balaban J connectivity index is 2.05. The molecule has 2 aromatic rings. The summed E-state index contributed by atoms with van der Waals surface area (Å²) in [7, 11) is 1.73. The number of nitrogens with zero attached hydrogens (tertiary/aromatic N) is 3. The first-order chi connectivity index (χ1) is 8.17. The monoisotopic (exact) mass is 333 g/mol. The number of aromatic nitrogens is 3. The Morgan fingerprint density at radius 3 is 2.71 bits per heavy atom. The van der Waals surface area contributed by atoms with E-state index in [0.717, 1.165) is 3.79 Å². The van der Waals surface area contributed by atoms with Crippen LogP contribution in [0.3, 0.4) is 0 Å². The summed E-state index contributed by atoms with van der Waals surface area (Å²) in [6.45, 7) is 0.653. The summed E-state index contributed by atoms with van der Waals surface area (Å²) >= 11 is 10.8. The molecule has 0 spiro atoms. The molecule has 0 saturated carbocycles. The Labute approximate surface area is 116 Å².